The van der Waals surface area contributed by atoms with Gasteiger partial charge in [0.15, 0.2) is 0 Å². The summed E-state index contributed by atoms with van der Waals surface area (Å²) in [5.74, 6) is 0.399. The number of benzene rings is 1. The first-order chi connectivity index (χ1) is 5.83. The number of hydrogen-bond acceptors (Lipinski definition) is 2. The van der Waals surface area contributed by atoms with Crippen LogP contribution in [0.2, 0.25) is 0 Å². The molecular formula is C9H5IO2. The summed E-state index contributed by atoms with van der Waals surface area (Å²) in [5, 5.41) is 0. The summed E-state index contributed by atoms with van der Waals surface area (Å²) < 4.78 is 6.74. The van der Waals surface area contributed by atoms with E-state index in [0.29, 0.717) is 11.3 Å². The lowest BCUT2D eigenvalue weighted by Gasteiger charge is -1.91. The summed E-state index contributed by atoms with van der Waals surface area (Å²) in [4.78, 5) is 11.2. The molecule has 0 unspecified atom stereocenters. The van der Waals surface area contributed by atoms with Crippen molar-refractivity contribution in [2.75, 3.05) is 0 Å². The molecule has 0 amide bonds. The van der Waals surface area contributed by atoms with Crippen LogP contribution in [0, 0.1) is 0 Å². The molecule has 1 heterocycles. The van der Waals surface area contributed by atoms with E-state index in [1.54, 1.807) is 10.1 Å². The fourth-order valence-electron chi connectivity index (χ4n) is 1.15. The topological polar surface area (TPSA) is 26.3 Å². The van der Waals surface area contributed by atoms with Crippen LogP contribution in [0.1, 0.15) is 5.56 Å². The van der Waals surface area contributed by atoms with Crippen LogP contribution in [0.15, 0.2) is 28.3 Å². The van der Waals surface area contributed by atoms with Gasteiger partial charge in [-0.2, -0.15) is 0 Å². The second kappa shape index (κ2) is 2.90. The van der Waals surface area contributed by atoms with E-state index in [0.717, 1.165) is 5.56 Å². The molecule has 0 fully saturated rings. The molecule has 12 heavy (non-hydrogen) atoms. The molecule has 0 bridgehead atoms. The van der Waals surface area contributed by atoms with Gasteiger partial charge in [0, 0.05) is 5.56 Å². The SMILES string of the molecule is O=C1Oc2ccccc2/C1=C\I. The van der Waals surface area contributed by atoms with E-state index in [-0.39, 0.29) is 5.97 Å². The first kappa shape index (κ1) is 7.79. The average Bonchev–Trinajstić information content (AvgIpc) is 2.40. The van der Waals surface area contributed by atoms with Crippen molar-refractivity contribution in [3.8, 4) is 5.75 Å². The summed E-state index contributed by atoms with van der Waals surface area (Å²) in [6, 6.07) is 7.41. The highest BCUT2D eigenvalue weighted by molar-refractivity contribution is 14.1. The molecule has 0 radical (unpaired) electrons. The van der Waals surface area contributed by atoms with E-state index < -0.39 is 0 Å². The van der Waals surface area contributed by atoms with Crippen molar-refractivity contribution in [1.29, 1.82) is 0 Å². The number of esters is 1. The molecule has 0 saturated heterocycles. The van der Waals surface area contributed by atoms with Gasteiger partial charge in [-0.05, 0) is 10.1 Å². The van der Waals surface area contributed by atoms with Gasteiger partial charge >= 0.3 is 5.97 Å². The van der Waals surface area contributed by atoms with Crippen LogP contribution in [0.3, 0.4) is 0 Å². The molecule has 3 heteroatoms. The zero-order chi connectivity index (χ0) is 8.55. The number of fused-ring (bicyclic) bond motifs is 1. The van der Waals surface area contributed by atoms with Crippen LogP contribution in [-0.4, -0.2) is 5.97 Å². The smallest absolute Gasteiger partial charge is 0.344 e. The normalized spacial score (nSPS) is 17.8. The van der Waals surface area contributed by atoms with Crippen LogP contribution in [0.4, 0.5) is 0 Å². The van der Waals surface area contributed by atoms with E-state index in [1.807, 2.05) is 40.8 Å². The monoisotopic (exact) mass is 272 g/mol. The zero-order valence-corrected chi connectivity index (χ0v) is 8.24. The number of ether oxygens (including phenoxy) is 1. The first-order valence-electron chi connectivity index (χ1n) is 3.45. The highest BCUT2D eigenvalue weighted by Crippen LogP contribution is 2.34. The van der Waals surface area contributed by atoms with Crippen molar-refractivity contribution >= 4 is 34.1 Å². The van der Waals surface area contributed by atoms with Gasteiger partial charge in [-0.25, -0.2) is 4.79 Å². The average molecular weight is 272 g/mol. The number of hydrogen-bond donors (Lipinski definition) is 0. The molecule has 0 N–H and O–H groups in total. The van der Waals surface area contributed by atoms with Crippen LogP contribution in [-0.2, 0) is 4.79 Å². The highest BCUT2D eigenvalue weighted by Gasteiger charge is 2.25. The number of carbonyl (C=O) groups is 1. The molecule has 1 aliphatic rings. The van der Waals surface area contributed by atoms with Crippen LogP contribution >= 0.6 is 22.6 Å². The second-order valence-corrected chi connectivity index (χ2v) is 3.03. The second-order valence-electron chi connectivity index (χ2n) is 2.41. The fraction of sp³-hybridized carbons (Fsp3) is 0. The van der Waals surface area contributed by atoms with Gasteiger partial charge < -0.3 is 4.74 Å². The van der Waals surface area contributed by atoms with Crippen molar-refractivity contribution in [1.82, 2.24) is 0 Å². The highest BCUT2D eigenvalue weighted by atomic mass is 127. The van der Waals surface area contributed by atoms with Crippen molar-refractivity contribution in [2.24, 2.45) is 0 Å². The molecule has 1 aromatic rings. The number of carbonyl (C=O) groups excluding carboxylic acids is 1. The maximum atomic E-state index is 11.2. The maximum absolute atomic E-state index is 11.2. The van der Waals surface area contributed by atoms with Gasteiger partial charge in [0.05, 0.1) is 5.57 Å². The summed E-state index contributed by atoms with van der Waals surface area (Å²) in [6.45, 7) is 0. The minimum absolute atomic E-state index is 0.259. The summed E-state index contributed by atoms with van der Waals surface area (Å²) in [5.41, 5.74) is 1.53. The molecule has 60 valence electrons. The number of halogens is 1. The van der Waals surface area contributed by atoms with Crippen LogP contribution in [0.5, 0.6) is 5.75 Å². The third-order valence-corrected chi connectivity index (χ3v) is 2.33. The zero-order valence-electron chi connectivity index (χ0n) is 6.08. The molecule has 0 spiro atoms. The molecule has 2 nitrogen and oxygen atoms in total. The van der Waals surface area contributed by atoms with E-state index >= 15 is 0 Å². The van der Waals surface area contributed by atoms with Crippen molar-refractivity contribution in [3.63, 3.8) is 0 Å². The fourth-order valence-corrected chi connectivity index (χ4v) is 1.74. The van der Waals surface area contributed by atoms with Gasteiger partial charge in [0.1, 0.15) is 5.75 Å². The third kappa shape index (κ3) is 1.04. The van der Waals surface area contributed by atoms with Crippen molar-refractivity contribution in [3.05, 3.63) is 33.9 Å². The lowest BCUT2D eigenvalue weighted by atomic mass is 10.1. The first-order valence-corrected chi connectivity index (χ1v) is 4.69. The van der Waals surface area contributed by atoms with Gasteiger partial charge in [0.25, 0.3) is 0 Å². The van der Waals surface area contributed by atoms with Crippen molar-refractivity contribution < 1.29 is 9.53 Å². The Morgan fingerprint density at radius 2 is 2.08 bits per heavy atom. The molecule has 1 aromatic carbocycles. The summed E-state index contributed by atoms with van der Waals surface area (Å²) in [7, 11) is 0. The standard InChI is InChI=1S/C9H5IO2/c10-5-7-6-3-1-2-4-8(6)12-9(7)11/h1-5H/b7-5+. The minimum Gasteiger partial charge on any atom is -0.422 e. The van der Waals surface area contributed by atoms with E-state index in [9.17, 15) is 4.79 Å². The lowest BCUT2D eigenvalue weighted by molar-refractivity contribution is -0.126. The molecule has 0 saturated carbocycles. The lowest BCUT2D eigenvalue weighted by Crippen LogP contribution is -1.99. The summed E-state index contributed by atoms with van der Waals surface area (Å²) in [6.07, 6.45) is 0. The predicted molar refractivity (Wildman–Crippen MR) is 54.1 cm³/mol. The van der Waals surface area contributed by atoms with E-state index in [2.05, 4.69) is 0 Å². The third-order valence-electron chi connectivity index (χ3n) is 1.71. The Bertz CT molecular complexity index is 369. The van der Waals surface area contributed by atoms with Gasteiger partial charge in [-0.15, -0.1) is 0 Å². The van der Waals surface area contributed by atoms with Gasteiger partial charge in [-0.3, -0.25) is 0 Å². The largest absolute Gasteiger partial charge is 0.422 e. The molecule has 0 aromatic heterocycles. The molecule has 0 atom stereocenters. The van der Waals surface area contributed by atoms with Gasteiger partial charge in [-0.1, -0.05) is 40.8 Å². The Morgan fingerprint density at radius 1 is 1.33 bits per heavy atom. The Labute approximate surface area is 83.4 Å². The molecule has 1 aliphatic heterocycles. The molecule has 0 aliphatic carbocycles. The molecular weight excluding hydrogens is 267 g/mol. The number of rotatable bonds is 0. The summed E-state index contributed by atoms with van der Waals surface area (Å²) >= 11 is 2.04. The van der Waals surface area contributed by atoms with Gasteiger partial charge in [0.2, 0.25) is 0 Å². The Hall–Kier alpha value is -0.840. The number of para-hydroxylation sites is 1. The van der Waals surface area contributed by atoms with E-state index in [1.165, 1.54) is 0 Å². The van der Waals surface area contributed by atoms with Crippen LogP contribution in [0.25, 0.3) is 5.57 Å². The van der Waals surface area contributed by atoms with E-state index in [4.69, 9.17) is 4.74 Å². The quantitative estimate of drug-likeness (QED) is 0.314. The Balaban J connectivity index is 2.62. The Kier molecular flexibility index (Phi) is 1.88. The molecule has 2 rings (SSSR count). The van der Waals surface area contributed by atoms with Crippen molar-refractivity contribution in [2.45, 2.75) is 0 Å². The minimum atomic E-state index is -0.259. The predicted octanol–water partition coefficient (Wildman–Crippen LogP) is 2.38. The Morgan fingerprint density at radius 3 is 2.83 bits per heavy atom. The van der Waals surface area contributed by atoms with Crippen LogP contribution < -0.4 is 4.74 Å². The maximum Gasteiger partial charge on any atom is 0.344 e.